The molecule has 0 radical (unpaired) electrons. The molecule has 58 valence electrons. The predicted molar refractivity (Wildman–Crippen MR) is 42.0 cm³/mol. The molecule has 1 aliphatic rings. The highest BCUT2D eigenvalue weighted by Gasteiger charge is 2.23. The molecule has 1 aliphatic heterocycles. The summed E-state index contributed by atoms with van der Waals surface area (Å²) in [6, 6.07) is 0.397. The first-order valence-electron chi connectivity index (χ1n) is 3.70. The highest BCUT2D eigenvalue weighted by atomic mass is 16.5. The SMILES string of the molecule is C=C[C@H]1[C@@H](C)OCCN1C. The van der Waals surface area contributed by atoms with Crippen LogP contribution in [0.4, 0.5) is 0 Å². The molecule has 0 amide bonds. The van der Waals surface area contributed by atoms with Gasteiger partial charge in [0.25, 0.3) is 0 Å². The molecular formula is C8H15NO. The lowest BCUT2D eigenvalue weighted by Gasteiger charge is -2.35. The minimum atomic E-state index is 0.302. The molecule has 1 rings (SSSR count). The van der Waals surface area contributed by atoms with Crippen molar-refractivity contribution in [2.45, 2.75) is 19.1 Å². The van der Waals surface area contributed by atoms with Crippen LogP contribution in [0.3, 0.4) is 0 Å². The first-order chi connectivity index (χ1) is 4.75. The number of hydrogen-bond acceptors (Lipinski definition) is 2. The van der Waals surface area contributed by atoms with E-state index in [0.29, 0.717) is 12.1 Å². The van der Waals surface area contributed by atoms with Gasteiger partial charge in [0, 0.05) is 6.54 Å². The highest BCUT2D eigenvalue weighted by Crippen LogP contribution is 2.11. The molecule has 0 aliphatic carbocycles. The van der Waals surface area contributed by atoms with E-state index in [1.54, 1.807) is 0 Å². The fourth-order valence-electron chi connectivity index (χ4n) is 1.36. The van der Waals surface area contributed by atoms with Crippen molar-refractivity contribution in [1.82, 2.24) is 4.90 Å². The summed E-state index contributed by atoms with van der Waals surface area (Å²) in [5.74, 6) is 0. The average molecular weight is 141 g/mol. The highest BCUT2D eigenvalue weighted by molar-refractivity contribution is 4.92. The zero-order valence-electron chi connectivity index (χ0n) is 6.71. The number of nitrogens with zero attached hydrogens (tertiary/aromatic N) is 1. The Labute approximate surface area is 62.5 Å². The van der Waals surface area contributed by atoms with Crippen LogP contribution in [0.1, 0.15) is 6.92 Å². The Balaban J connectivity index is 2.53. The molecule has 2 heteroatoms. The summed E-state index contributed by atoms with van der Waals surface area (Å²) in [6.07, 6.45) is 2.25. The van der Waals surface area contributed by atoms with E-state index in [4.69, 9.17) is 4.74 Å². The molecule has 0 N–H and O–H groups in total. The molecule has 0 aromatic heterocycles. The number of likely N-dealkylation sites (N-methyl/N-ethyl adjacent to an activating group) is 1. The van der Waals surface area contributed by atoms with Crippen LogP contribution < -0.4 is 0 Å². The monoisotopic (exact) mass is 141 g/mol. The largest absolute Gasteiger partial charge is 0.375 e. The van der Waals surface area contributed by atoms with Crippen LogP contribution >= 0.6 is 0 Å². The Kier molecular flexibility index (Phi) is 2.46. The van der Waals surface area contributed by atoms with Gasteiger partial charge < -0.3 is 4.74 Å². The summed E-state index contributed by atoms with van der Waals surface area (Å²) in [6.45, 7) is 7.71. The van der Waals surface area contributed by atoms with Crippen LogP contribution in [0, 0.1) is 0 Å². The van der Waals surface area contributed by atoms with Crippen molar-refractivity contribution in [3.05, 3.63) is 12.7 Å². The first kappa shape index (κ1) is 7.76. The van der Waals surface area contributed by atoms with Crippen molar-refractivity contribution in [2.24, 2.45) is 0 Å². The van der Waals surface area contributed by atoms with E-state index in [-0.39, 0.29) is 0 Å². The Hall–Kier alpha value is -0.340. The number of ether oxygens (including phenoxy) is 1. The molecular weight excluding hydrogens is 126 g/mol. The van der Waals surface area contributed by atoms with Gasteiger partial charge in [0.2, 0.25) is 0 Å². The maximum Gasteiger partial charge on any atom is 0.0738 e. The normalized spacial score (nSPS) is 35.8. The number of morpholine rings is 1. The summed E-state index contributed by atoms with van der Waals surface area (Å²) in [7, 11) is 2.10. The maximum absolute atomic E-state index is 5.44. The lowest BCUT2D eigenvalue weighted by atomic mass is 10.1. The van der Waals surface area contributed by atoms with Gasteiger partial charge in [-0.05, 0) is 14.0 Å². The summed E-state index contributed by atoms with van der Waals surface area (Å²) < 4.78 is 5.44. The molecule has 1 heterocycles. The topological polar surface area (TPSA) is 12.5 Å². The van der Waals surface area contributed by atoms with Crippen molar-refractivity contribution >= 4 is 0 Å². The molecule has 0 aromatic carbocycles. The predicted octanol–water partition coefficient (Wildman–Crippen LogP) is 0.891. The molecule has 2 atom stereocenters. The zero-order chi connectivity index (χ0) is 7.56. The van der Waals surface area contributed by atoms with Crippen LogP contribution in [0.25, 0.3) is 0 Å². The first-order valence-corrected chi connectivity index (χ1v) is 3.70. The number of rotatable bonds is 1. The zero-order valence-corrected chi connectivity index (χ0v) is 6.71. The van der Waals surface area contributed by atoms with Gasteiger partial charge in [-0.25, -0.2) is 0 Å². The lowest BCUT2D eigenvalue weighted by Crippen LogP contribution is -2.46. The van der Waals surface area contributed by atoms with Crippen molar-refractivity contribution < 1.29 is 4.74 Å². The Morgan fingerprint density at radius 1 is 1.70 bits per heavy atom. The fourth-order valence-corrected chi connectivity index (χ4v) is 1.36. The molecule has 10 heavy (non-hydrogen) atoms. The van der Waals surface area contributed by atoms with Crippen LogP contribution in [-0.2, 0) is 4.74 Å². The minimum Gasteiger partial charge on any atom is -0.375 e. The van der Waals surface area contributed by atoms with E-state index in [0.717, 1.165) is 13.2 Å². The Morgan fingerprint density at radius 2 is 2.40 bits per heavy atom. The van der Waals surface area contributed by atoms with Crippen LogP contribution in [0.5, 0.6) is 0 Å². The van der Waals surface area contributed by atoms with Gasteiger partial charge in [0.05, 0.1) is 18.8 Å². The van der Waals surface area contributed by atoms with E-state index in [1.165, 1.54) is 0 Å². The van der Waals surface area contributed by atoms with E-state index in [2.05, 4.69) is 25.5 Å². The van der Waals surface area contributed by atoms with E-state index >= 15 is 0 Å². The molecule has 0 saturated carbocycles. The van der Waals surface area contributed by atoms with Crippen LogP contribution in [-0.4, -0.2) is 37.2 Å². The maximum atomic E-state index is 5.44. The number of hydrogen-bond donors (Lipinski definition) is 0. The van der Waals surface area contributed by atoms with E-state index in [9.17, 15) is 0 Å². The van der Waals surface area contributed by atoms with Gasteiger partial charge in [-0.2, -0.15) is 0 Å². The smallest absolute Gasteiger partial charge is 0.0738 e. The Bertz CT molecular complexity index is 114. The summed E-state index contributed by atoms with van der Waals surface area (Å²) in [5, 5.41) is 0. The molecule has 0 spiro atoms. The second-order valence-corrected chi connectivity index (χ2v) is 2.78. The minimum absolute atomic E-state index is 0.302. The van der Waals surface area contributed by atoms with Crippen molar-refractivity contribution in [2.75, 3.05) is 20.2 Å². The third-order valence-electron chi connectivity index (χ3n) is 2.06. The summed E-state index contributed by atoms with van der Waals surface area (Å²) in [5.41, 5.74) is 0. The van der Waals surface area contributed by atoms with Crippen molar-refractivity contribution in [3.8, 4) is 0 Å². The molecule has 1 saturated heterocycles. The van der Waals surface area contributed by atoms with Crippen molar-refractivity contribution in [1.29, 1.82) is 0 Å². The summed E-state index contributed by atoms with van der Waals surface area (Å²) >= 11 is 0. The second kappa shape index (κ2) is 3.17. The molecule has 0 aromatic rings. The molecule has 0 unspecified atom stereocenters. The summed E-state index contributed by atoms with van der Waals surface area (Å²) in [4.78, 5) is 2.27. The molecule has 0 bridgehead atoms. The molecule has 1 fully saturated rings. The van der Waals surface area contributed by atoms with Crippen LogP contribution in [0.2, 0.25) is 0 Å². The van der Waals surface area contributed by atoms with Gasteiger partial charge >= 0.3 is 0 Å². The van der Waals surface area contributed by atoms with Gasteiger partial charge in [-0.15, -0.1) is 6.58 Å². The van der Waals surface area contributed by atoms with Crippen LogP contribution in [0.15, 0.2) is 12.7 Å². The average Bonchev–Trinajstić information content (AvgIpc) is 1.88. The third-order valence-corrected chi connectivity index (χ3v) is 2.06. The van der Waals surface area contributed by atoms with Gasteiger partial charge in [0.15, 0.2) is 0 Å². The fraction of sp³-hybridized carbons (Fsp3) is 0.750. The quantitative estimate of drug-likeness (QED) is 0.503. The van der Waals surface area contributed by atoms with Gasteiger partial charge in [-0.3, -0.25) is 4.90 Å². The van der Waals surface area contributed by atoms with Crippen molar-refractivity contribution in [3.63, 3.8) is 0 Å². The second-order valence-electron chi connectivity index (χ2n) is 2.78. The van der Waals surface area contributed by atoms with E-state index in [1.807, 2.05) is 6.08 Å². The van der Waals surface area contributed by atoms with Gasteiger partial charge in [0.1, 0.15) is 0 Å². The standard InChI is InChI=1S/C8H15NO/c1-4-8-7(2)10-6-5-9(8)3/h4,7-8H,1,5-6H2,2-3H3/t7-,8+/m1/s1. The van der Waals surface area contributed by atoms with E-state index < -0.39 is 0 Å². The molecule has 2 nitrogen and oxygen atoms in total. The lowest BCUT2D eigenvalue weighted by molar-refractivity contribution is -0.0349. The Morgan fingerprint density at radius 3 is 2.80 bits per heavy atom. The van der Waals surface area contributed by atoms with Gasteiger partial charge in [-0.1, -0.05) is 6.08 Å². The third kappa shape index (κ3) is 1.39.